The van der Waals surface area contributed by atoms with Crippen LogP contribution in [0.15, 0.2) is 24.3 Å². The van der Waals surface area contributed by atoms with E-state index >= 15 is 0 Å². The Labute approximate surface area is 93.9 Å². The van der Waals surface area contributed by atoms with E-state index in [1.54, 1.807) is 31.2 Å². The Hall–Kier alpha value is -1.59. The van der Waals surface area contributed by atoms with Gasteiger partial charge in [0.2, 0.25) is 0 Å². The van der Waals surface area contributed by atoms with Crippen molar-refractivity contribution in [2.45, 2.75) is 12.3 Å². The lowest BCUT2D eigenvalue weighted by Gasteiger charge is -2.25. The van der Waals surface area contributed by atoms with E-state index in [4.69, 9.17) is 5.73 Å². The number of carbonyl (C=O) groups is 1. The first-order valence-corrected chi connectivity index (χ1v) is 4.90. The Bertz CT molecular complexity index is 358. The fraction of sp³-hybridized carbons (Fsp3) is 0.364. The lowest BCUT2D eigenvalue weighted by Crippen LogP contribution is -2.31. The molecule has 16 heavy (non-hydrogen) atoms. The van der Waals surface area contributed by atoms with Gasteiger partial charge in [0.15, 0.2) is 0 Å². The average Bonchev–Trinajstić information content (AvgIpc) is 2.28. The number of anilines is 1. The van der Waals surface area contributed by atoms with Crippen LogP contribution in [0.1, 0.15) is 12.5 Å². The highest BCUT2D eigenvalue weighted by Crippen LogP contribution is 2.23. The minimum Gasteiger partial charge on any atom is -0.395 e. The smallest absolute Gasteiger partial charge is 0.316 e. The molecule has 0 aliphatic carbocycles. The van der Waals surface area contributed by atoms with Crippen LogP contribution >= 0.6 is 0 Å². The van der Waals surface area contributed by atoms with E-state index in [-0.39, 0.29) is 13.2 Å². The van der Waals surface area contributed by atoms with Gasteiger partial charge in [-0.2, -0.15) is 0 Å². The largest absolute Gasteiger partial charge is 0.395 e. The van der Waals surface area contributed by atoms with E-state index < -0.39 is 11.4 Å². The quantitative estimate of drug-likeness (QED) is 0.596. The Morgan fingerprint density at radius 1 is 1.31 bits per heavy atom. The molecule has 0 spiro atoms. The van der Waals surface area contributed by atoms with Gasteiger partial charge in [0.25, 0.3) is 0 Å². The second-order valence-corrected chi connectivity index (χ2v) is 3.94. The molecule has 0 radical (unpaired) electrons. The van der Waals surface area contributed by atoms with Crippen LogP contribution in [0.5, 0.6) is 0 Å². The first-order chi connectivity index (χ1) is 7.51. The van der Waals surface area contributed by atoms with Crippen molar-refractivity contribution in [2.24, 2.45) is 5.73 Å². The summed E-state index contributed by atoms with van der Waals surface area (Å²) < 4.78 is 0. The summed E-state index contributed by atoms with van der Waals surface area (Å²) in [6.07, 6.45) is 0. The van der Waals surface area contributed by atoms with Gasteiger partial charge in [-0.25, -0.2) is 4.79 Å². The highest BCUT2D eigenvalue weighted by molar-refractivity contribution is 5.87. The molecule has 0 bridgehead atoms. The van der Waals surface area contributed by atoms with Gasteiger partial charge in [-0.05, 0) is 17.7 Å². The zero-order valence-corrected chi connectivity index (χ0v) is 9.10. The fourth-order valence-corrected chi connectivity index (χ4v) is 1.33. The van der Waals surface area contributed by atoms with Crippen molar-refractivity contribution >= 4 is 11.7 Å². The van der Waals surface area contributed by atoms with Crippen LogP contribution in [-0.4, -0.2) is 29.5 Å². The molecule has 1 aromatic carbocycles. The number of hydrogen-bond acceptors (Lipinski definition) is 3. The number of aliphatic hydroxyl groups is 2. The Morgan fingerprint density at radius 3 is 2.19 bits per heavy atom. The summed E-state index contributed by atoms with van der Waals surface area (Å²) in [6, 6.07) is 6.18. The van der Waals surface area contributed by atoms with Gasteiger partial charge in [-0.1, -0.05) is 19.1 Å². The Balaban J connectivity index is 2.89. The molecule has 88 valence electrons. The molecule has 1 rings (SSSR count). The SMILES string of the molecule is CC(CO)(CO)c1ccc(NC(N)=O)cc1. The minimum absolute atomic E-state index is 0.147. The highest BCUT2D eigenvalue weighted by atomic mass is 16.3. The molecule has 0 heterocycles. The fourth-order valence-electron chi connectivity index (χ4n) is 1.33. The van der Waals surface area contributed by atoms with E-state index in [0.29, 0.717) is 5.69 Å². The minimum atomic E-state index is -0.675. The topological polar surface area (TPSA) is 95.6 Å². The summed E-state index contributed by atoms with van der Waals surface area (Å²) in [5, 5.41) is 20.8. The number of primary amides is 1. The number of nitrogens with one attached hydrogen (secondary N) is 1. The molecule has 5 nitrogen and oxygen atoms in total. The predicted octanol–water partition coefficient (Wildman–Crippen LogP) is 0.419. The zero-order valence-electron chi connectivity index (χ0n) is 9.10. The molecule has 0 aliphatic rings. The summed E-state index contributed by atoms with van der Waals surface area (Å²) >= 11 is 0. The lowest BCUT2D eigenvalue weighted by atomic mass is 9.84. The number of rotatable bonds is 4. The first kappa shape index (κ1) is 12.5. The monoisotopic (exact) mass is 224 g/mol. The molecule has 5 N–H and O–H groups in total. The van der Waals surface area contributed by atoms with Gasteiger partial charge >= 0.3 is 6.03 Å². The molecule has 0 aromatic heterocycles. The maximum Gasteiger partial charge on any atom is 0.316 e. The van der Waals surface area contributed by atoms with E-state index in [1.807, 2.05) is 0 Å². The van der Waals surface area contributed by atoms with Crippen LogP contribution in [0.3, 0.4) is 0 Å². The average molecular weight is 224 g/mol. The number of benzene rings is 1. The molecular weight excluding hydrogens is 208 g/mol. The van der Waals surface area contributed by atoms with Crippen molar-refractivity contribution in [3.63, 3.8) is 0 Å². The predicted molar refractivity (Wildman–Crippen MR) is 61.2 cm³/mol. The van der Waals surface area contributed by atoms with Crippen LogP contribution in [-0.2, 0) is 5.41 Å². The molecule has 0 unspecified atom stereocenters. The van der Waals surface area contributed by atoms with E-state index in [9.17, 15) is 15.0 Å². The normalized spacial score (nSPS) is 11.2. The third-order valence-electron chi connectivity index (χ3n) is 2.55. The van der Waals surface area contributed by atoms with Gasteiger partial charge in [0, 0.05) is 11.1 Å². The summed E-state index contributed by atoms with van der Waals surface area (Å²) in [4.78, 5) is 10.6. The number of urea groups is 1. The van der Waals surface area contributed by atoms with Crippen molar-refractivity contribution in [2.75, 3.05) is 18.5 Å². The number of hydrogen-bond donors (Lipinski definition) is 4. The van der Waals surface area contributed by atoms with Gasteiger partial charge in [0.1, 0.15) is 0 Å². The van der Waals surface area contributed by atoms with Crippen LogP contribution in [0, 0.1) is 0 Å². The Kier molecular flexibility index (Phi) is 3.87. The first-order valence-electron chi connectivity index (χ1n) is 4.90. The van der Waals surface area contributed by atoms with Gasteiger partial charge in [0.05, 0.1) is 13.2 Å². The maximum atomic E-state index is 10.6. The molecule has 0 aliphatic heterocycles. The van der Waals surface area contributed by atoms with Gasteiger partial charge in [-0.15, -0.1) is 0 Å². The molecule has 0 atom stereocenters. The van der Waals surface area contributed by atoms with E-state index in [1.165, 1.54) is 0 Å². The second-order valence-electron chi connectivity index (χ2n) is 3.94. The highest BCUT2D eigenvalue weighted by Gasteiger charge is 2.24. The molecule has 2 amide bonds. The van der Waals surface area contributed by atoms with Crippen molar-refractivity contribution in [3.8, 4) is 0 Å². The summed E-state index contributed by atoms with van der Waals surface area (Å²) in [5.74, 6) is 0. The van der Waals surface area contributed by atoms with Gasteiger partial charge < -0.3 is 21.3 Å². The summed E-state index contributed by atoms with van der Waals surface area (Å²) in [5.41, 5.74) is 5.67. The number of amides is 2. The maximum absolute atomic E-state index is 10.6. The molecule has 0 saturated carbocycles. The third-order valence-corrected chi connectivity index (χ3v) is 2.55. The van der Waals surface area contributed by atoms with Crippen LogP contribution in [0.25, 0.3) is 0 Å². The molecule has 1 aromatic rings. The van der Waals surface area contributed by atoms with Crippen LogP contribution < -0.4 is 11.1 Å². The van der Waals surface area contributed by atoms with E-state index in [0.717, 1.165) is 5.56 Å². The third kappa shape index (κ3) is 2.71. The number of carbonyl (C=O) groups excluding carboxylic acids is 1. The number of aliphatic hydroxyl groups excluding tert-OH is 2. The van der Waals surface area contributed by atoms with Crippen LogP contribution in [0.2, 0.25) is 0 Å². The van der Waals surface area contributed by atoms with E-state index in [2.05, 4.69) is 5.32 Å². The standard InChI is InChI=1S/C11H16N2O3/c1-11(6-14,7-15)8-2-4-9(5-3-8)13-10(12)16/h2-5,14-15H,6-7H2,1H3,(H3,12,13,16). The van der Waals surface area contributed by atoms with Crippen LogP contribution in [0.4, 0.5) is 10.5 Å². The number of nitrogens with two attached hydrogens (primary N) is 1. The summed E-state index contributed by atoms with van der Waals surface area (Å²) in [6.45, 7) is 1.46. The lowest BCUT2D eigenvalue weighted by molar-refractivity contribution is 0.129. The zero-order chi connectivity index (χ0) is 12.2. The molecule has 5 heteroatoms. The molecular formula is C11H16N2O3. The summed E-state index contributed by atoms with van der Waals surface area (Å²) in [7, 11) is 0. The van der Waals surface area contributed by atoms with Gasteiger partial charge in [-0.3, -0.25) is 0 Å². The molecule has 0 saturated heterocycles. The second kappa shape index (κ2) is 4.96. The Morgan fingerprint density at radius 2 is 1.81 bits per heavy atom. The van der Waals surface area contributed by atoms with Crippen molar-refractivity contribution in [1.82, 2.24) is 0 Å². The van der Waals surface area contributed by atoms with Crippen molar-refractivity contribution in [3.05, 3.63) is 29.8 Å². The van der Waals surface area contributed by atoms with Crippen molar-refractivity contribution in [1.29, 1.82) is 0 Å². The van der Waals surface area contributed by atoms with Crippen molar-refractivity contribution < 1.29 is 15.0 Å². The molecule has 0 fully saturated rings.